The molecule has 7 heteroatoms. The first-order valence-electron chi connectivity index (χ1n) is 21.6. The van der Waals surface area contributed by atoms with Crippen molar-refractivity contribution in [2.24, 2.45) is 0 Å². The number of fused-ring (bicyclic) bond motifs is 10. The van der Waals surface area contributed by atoms with Gasteiger partial charge in [0.05, 0.1) is 56.6 Å². The molecule has 274 valence electrons. The van der Waals surface area contributed by atoms with Gasteiger partial charge in [0.2, 0.25) is 0 Å². The Balaban J connectivity index is 1.20. The third-order valence-corrected chi connectivity index (χ3v) is 12.3. The Morgan fingerprint density at radius 3 is 2.00 bits per heavy atom. The van der Waals surface area contributed by atoms with E-state index in [-0.39, 0.29) is 23.0 Å². The summed E-state index contributed by atoms with van der Waals surface area (Å²) in [7, 11) is 0. The van der Waals surface area contributed by atoms with E-state index in [9.17, 15) is 5.26 Å². The van der Waals surface area contributed by atoms with Crippen molar-refractivity contribution in [1.82, 2.24) is 24.1 Å². The highest BCUT2D eigenvalue weighted by molar-refractivity contribution is 7.26. The Bertz CT molecular complexity index is 3970. The number of hydrogen-bond donors (Lipinski definition) is 0. The fraction of sp³-hybridized carbons (Fsp3) is 0. The average Bonchev–Trinajstić information content (AvgIpc) is 4.01. The van der Waals surface area contributed by atoms with Crippen LogP contribution in [0.4, 0.5) is 0 Å². The summed E-state index contributed by atoms with van der Waals surface area (Å²) in [6, 6.07) is 50.8. The van der Waals surface area contributed by atoms with Gasteiger partial charge in [-0.15, -0.1) is 11.3 Å². The zero-order valence-corrected chi connectivity index (χ0v) is 31.8. The number of para-hydroxylation sites is 2. The first-order chi connectivity index (χ1) is 31.3. The van der Waals surface area contributed by atoms with Crippen molar-refractivity contribution in [3.05, 3.63) is 187 Å². The quantitative estimate of drug-likeness (QED) is 0.174. The minimum Gasteiger partial charge on any atom is -0.308 e. The molecule has 0 aliphatic heterocycles. The molecule has 0 aliphatic carbocycles. The van der Waals surface area contributed by atoms with Crippen LogP contribution in [0.5, 0.6) is 0 Å². The lowest BCUT2D eigenvalue weighted by atomic mass is 10.1. The van der Waals surface area contributed by atoms with E-state index in [2.05, 4.69) is 106 Å². The molecule has 0 saturated heterocycles. The Hall–Kier alpha value is -7.92. The van der Waals surface area contributed by atoms with Gasteiger partial charge < -0.3 is 9.13 Å². The molecule has 8 aromatic carbocycles. The molecule has 59 heavy (non-hydrogen) atoms. The summed E-state index contributed by atoms with van der Waals surface area (Å²) < 4.78 is 50.0. The molecule has 6 nitrogen and oxygen atoms in total. The zero-order chi connectivity index (χ0) is 43.4. The third kappa shape index (κ3) is 5.07. The number of hydrogen-bond acceptors (Lipinski definition) is 5. The number of rotatable bonds is 5. The molecule has 0 saturated carbocycles. The van der Waals surface area contributed by atoms with Crippen molar-refractivity contribution in [2.75, 3.05) is 0 Å². The van der Waals surface area contributed by atoms with Crippen LogP contribution < -0.4 is 0 Å². The highest BCUT2D eigenvalue weighted by Gasteiger charge is 2.24. The summed E-state index contributed by atoms with van der Waals surface area (Å²) in [5.74, 6) is 0.320. The largest absolute Gasteiger partial charge is 0.308 e. The van der Waals surface area contributed by atoms with E-state index in [0.717, 1.165) is 49.3 Å². The average molecular weight is 776 g/mol. The lowest BCUT2D eigenvalue weighted by Crippen LogP contribution is -2.04. The summed E-state index contributed by atoms with van der Waals surface area (Å²) in [5, 5.41) is 17.0. The number of benzene rings is 8. The highest BCUT2D eigenvalue weighted by Crippen LogP contribution is 2.45. The number of thiophene rings is 1. The van der Waals surface area contributed by atoms with Crippen LogP contribution in [0.15, 0.2) is 182 Å². The standard InChI is InChI=1S/C52H30N6S/c53-31-32-26-28-43(40(30-32)52-55-50(33-14-3-1-4-15-33)54-51(56-52)34-16-5-2-6-17-34)58-41-22-10-7-18-35(41)37-27-29-44-47(48(37)58)39-20-8-11-23-42(39)57(44)45-24-13-21-38-36-19-9-12-25-46(36)59-49(38)45/h1-30H/i1D,3D,4D,14D,15D. The predicted octanol–water partition coefficient (Wildman–Crippen LogP) is 13.3. The topological polar surface area (TPSA) is 72.3 Å². The molecule has 4 aromatic heterocycles. The van der Waals surface area contributed by atoms with Crippen LogP contribution in [-0.4, -0.2) is 24.1 Å². The molecule has 0 spiro atoms. The SMILES string of the molecule is [2H]c1c([2H])c([2H])c(-c2nc(-c3ccccc3)nc(-c3cc(C#N)ccc3-n3c4ccccc4c4ccc5c(c6ccccc6n5-c5cccc6c5sc5ccccc56)c43)n2)c([2H])c1[2H]. The van der Waals surface area contributed by atoms with Gasteiger partial charge in [-0.05, 0) is 48.5 Å². The first kappa shape index (κ1) is 28.5. The summed E-state index contributed by atoms with van der Waals surface area (Å²) in [6.07, 6.45) is 0. The molecule has 0 bridgehead atoms. The van der Waals surface area contributed by atoms with Crippen LogP contribution >= 0.6 is 11.3 Å². The van der Waals surface area contributed by atoms with E-state index < -0.39 is 30.2 Å². The molecule has 0 N–H and O–H groups in total. The van der Waals surface area contributed by atoms with Crippen LogP contribution in [0, 0.1) is 11.3 Å². The van der Waals surface area contributed by atoms with Gasteiger partial charge >= 0.3 is 0 Å². The van der Waals surface area contributed by atoms with Gasteiger partial charge in [0, 0.05) is 53.7 Å². The molecule has 0 radical (unpaired) electrons. The maximum atomic E-state index is 10.4. The second-order valence-electron chi connectivity index (χ2n) is 14.3. The van der Waals surface area contributed by atoms with Gasteiger partial charge in [0.1, 0.15) is 0 Å². The van der Waals surface area contributed by atoms with Crippen molar-refractivity contribution >= 4 is 75.1 Å². The monoisotopic (exact) mass is 775 g/mol. The van der Waals surface area contributed by atoms with E-state index in [1.54, 1.807) is 23.5 Å². The normalized spacial score (nSPS) is 12.9. The van der Waals surface area contributed by atoms with Crippen molar-refractivity contribution in [2.45, 2.75) is 0 Å². The Labute approximate surface area is 349 Å². The fourth-order valence-electron chi connectivity index (χ4n) is 8.59. The maximum Gasteiger partial charge on any atom is 0.166 e. The third-order valence-electron chi connectivity index (χ3n) is 11.1. The van der Waals surface area contributed by atoms with Crippen molar-refractivity contribution in [3.63, 3.8) is 0 Å². The lowest BCUT2D eigenvalue weighted by molar-refractivity contribution is 1.06. The summed E-state index contributed by atoms with van der Waals surface area (Å²) in [4.78, 5) is 14.7. The van der Waals surface area contributed by atoms with Gasteiger partial charge in [0.15, 0.2) is 17.5 Å². The van der Waals surface area contributed by atoms with Gasteiger partial charge in [0.25, 0.3) is 0 Å². The second-order valence-corrected chi connectivity index (χ2v) is 15.4. The highest BCUT2D eigenvalue weighted by atomic mass is 32.1. The molecule has 0 atom stereocenters. The Morgan fingerprint density at radius 2 is 1.19 bits per heavy atom. The fourth-order valence-corrected chi connectivity index (χ4v) is 9.80. The zero-order valence-electron chi connectivity index (χ0n) is 36.0. The summed E-state index contributed by atoms with van der Waals surface area (Å²) in [6.45, 7) is 0. The summed E-state index contributed by atoms with van der Waals surface area (Å²) >= 11 is 1.79. The molecule has 0 aliphatic rings. The number of nitriles is 1. The smallest absolute Gasteiger partial charge is 0.166 e. The Morgan fingerprint density at radius 1 is 0.508 bits per heavy atom. The molecular formula is C52H30N6S. The lowest BCUT2D eigenvalue weighted by Gasteiger charge is -2.15. The first-order valence-corrected chi connectivity index (χ1v) is 19.9. The predicted molar refractivity (Wildman–Crippen MR) is 242 cm³/mol. The molecular weight excluding hydrogens is 741 g/mol. The van der Waals surface area contributed by atoms with Gasteiger partial charge in [-0.3, -0.25) is 0 Å². The van der Waals surface area contributed by atoms with Gasteiger partial charge in [-0.1, -0.05) is 133 Å². The second kappa shape index (κ2) is 13.1. The van der Waals surface area contributed by atoms with Crippen LogP contribution in [0.3, 0.4) is 0 Å². The van der Waals surface area contributed by atoms with Crippen LogP contribution in [-0.2, 0) is 0 Å². The van der Waals surface area contributed by atoms with Gasteiger partial charge in [-0.2, -0.15) is 5.26 Å². The molecule has 0 amide bonds. The van der Waals surface area contributed by atoms with Crippen molar-refractivity contribution in [3.8, 4) is 51.6 Å². The summed E-state index contributed by atoms with van der Waals surface area (Å²) in [5.41, 5.74) is 7.06. The minimum atomic E-state index is -0.514. The van der Waals surface area contributed by atoms with E-state index >= 15 is 0 Å². The van der Waals surface area contributed by atoms with E-state index in [0.29, 0.717) is 22.4 Å². The maximum absolute atomic E-state index is 10.4. The molecule has 12 rings (SSSR count). The molecule has 4 heterocycles. The number of aromatic nitrogens is 5. The van der Waals surface area contributed by atoms with Crippen molar-refractivity contribution < 1.29 is 6.85 Å². The van der Waals surface area contributed by atoms with E-state index in [1.165, 1.54) is 20.2 Å². The van der Waals surface area contributed by atoms with Crippen LogP contribution in [0.2, 0.25) is 0 Å². The van der Waals surface area contributed by atoms with Crippen molar-refractivity contribution in [1.29, 1.82) is 5.26 Å². The van der Waals surface area contributed by atoms with Crippen LogP contribution in [0.25, 0.3) is 109 Å². The van der Waals surface area contributed by atoms with Crippen LogP contribution in [0.1, 0.15) is 12.4 Å². The van der Waals surface area contributed by atoms with E-state index in [1.807, 2.05) is 48.5 Å². The van der Waals surface area contributed by atoms with Gasteiger partial charge in [-0.25, -0.2) is 15.0 Å². The number of nitrogens with zero attached hydrogens (tertiary/aromatic N) is 6. The minimum absolute atomic E-state index is 0.0859. The Kier molecular flexibility index (Phi) is 6.31. The molecule has 12 aromatic rings. The molecule has 0 unspecified atom stereocenters. The molecule has 0 fully saturated rings. The van der Waals surface area contributed by atoms with E-state index in [4.69, 9.17) is 21.8 Å².